The van der Waals surface area contributed by atoms with Crippen LogP contribution in [-0.4, -0.2) is 27.1 Å². The third-order valence-corrected chi connectivity index (χ3v) is 5.16. The summed E-state index contributed by atoms with van der Waals surface area (Å²) in [6.07, 6.45) is 3.46. The minimum Gasteiger partial charge on any atom is -0.493 e. The second-order valence-corrected chi connectivity index (χ2v) is 6.50. The molecule has 0 radical (unpaired) electrons. The van der Waals surface area contributed by atoms with E-state index in [-0.39, 0.29) is 5.78 Å². The van der Waals surface area contributed by atoms with Gasteiger partial charge in [-0.1, -0.05) is 24.3 Å². The number of fused-ring (bicyclic) bond motifs is 1. The minimum absolute atomic E-state index is 0.0718. The van der Waals surface area contributed by atoms with Gasteiger partial charge in [0.15, 0.2) is 17.3 Å². The van der Waals surface area contributed by atoms with Gasteiger partial charge in [0.05, 0.1) is 25.8 Å². The van der Waals surface area contributed by atoms with Crippen LogP contribution in [0, 0.1) is 0 Å². The van der Waals surface area contributed by atoms with Crippen LogP contribution in [0.15, 0.2) is 40.4 Å². The van der Waals surface area contributed by atoms with Crippen molar-refractivity contribution in [2.24, 2.45) is 0 Å². The number of hydrogen-bond donors (Lipinski definition) is 0. The zero-order valence-electron chi connectivity index (χ0n) is 14.4. The van der Waals surface area contributed by atoms with Crippen molar-refractivity contribution in [1.29, 1.82) is 0 Å². The Balaban J connectivity index is 2.09. The third kappa shape index (κ3) is 3.16. The highest BCUT2D eigenvalue weighted by Gasteiger charge is 2.23. The molecule has 0 amide bonds. The Hall–Kier alpha value is -2.27. The van der Waals surface area contributed by atoms with Crippen LogP contribution in [0.2, 0.25) is 0 Å². The molecule has 0 unspecified atom stereocenters. The molecule has 0 aromatic heterocycles. The molecule has 0 aliphatic heterocycles. The summed E-state index contributed by atoms with van der Waals surface area (Å²) in [7, 11) is 4.71. The zero-order chi connectivity index (χ0) is 18.0. The van der Waals surface area contributed by atoms with Crippen LogP contribution in [0.4, 0.5) is 0 Å². The predicted octanol–water partition coefficient (Wildman–Crippen LogP) is 4.69. The van der Waals surface area contributed by atoms with Gasteiger partial charge >= 0.3 is 0 Å². The molecule has 0 atom stereocenters. The summed E-state index contributed by atoms with van der Waals surface area (Å²) in [6.45, 7) is 0. The van der Waals surface area contributed by atoms with E-state index in [9.17, 15) is 4.79 Å². The van der Waals surface area contributed by atoms with Crippen LogP contribution in [0.25, 0.3) is 6.08 Å². The fraction of sp³-hybridized carbons (Fsp3) is 0.250. The summed E-state index contributed by atoms with van der Waals surface area (Å²) in [5.41, 5.74) is 3.48. The van der Waals surface area contributed by atoms with Gasteiger partial charge in [0.25, 0.3) is 0 Å². The fourth-order valence-corrected chi connectivity index (χ4v) is 3.66. The normalized spacial score (nSPS) is 15.0. The molecule has 0 saturated heterocycles. The molecule has 2 aromatic rings. The van der Waals surface area contributed by atoms with Gasteiger partial charge in [0.2, 0.25) is 5.75 Å². The van der Waals surface area contributed by atoms with Gasteiger partial charge in [0, 0.05) is 11.1 Å². The molecule has 0 N–H and O–H groups in total. The van der Waals surface area contributed by atoms with Crippen molar-refractivity contribution in [3.63, 3.8) is 0 Å². The fourth-order valence-electron chi connectivity index (χ4n) is 3.09. The lowest BCUT2D eigenvalue weighted by Gasteiger charge is -2.19. The third-order valence-electron chi connectivity index (χ3n) is 4.34. The molecule has 0 fully saturated rings. The number of rotatable bonds is 4. The molecule has 0 spiro atoms. The van der Waals surface area contributed by atoms with Crippen molar-refractivity contribution < 1.29 is 19.0 Å². The Bertz CT molecular complexity index is 855. The molecule has 0 saturated carbocycles. The number of carbonyl (C=O) groups excluding carboxylic acids is 1. The van der Waals surface area contributed by atoms with E-state index in [1.54, 1.807) is 21.3 Å². The van der Waals surface area contributed by atoms with E-state index in [0.29, 0.717) is 23.7 Å². The van der Waals surface area contributed by atoms with Gasteiger partial charge in [-0.25, -0.2) is 0 Å². The molecule has 5 heteroatoms. The predicted molar refractivity (Wildman–Crippen MR) is 101 cm³/mol. The second-order valence-electron chi connectivity index (χ2n) is 5.70. The maximum atomic E-state index is 12.8. The molecule has 3 rings (SSSR count). The Morgan fingerprint density at radius 1 is 1.00 bits per heavy atom. The number of aryl methyl sites for hydroxylation is 1. The maximum absolute atomic E-state index is 12.8. The topological polar surface area (TPSA) is 44.8 Å². The standard InChI is InChI=1S/C20H19BrO4/c1-23-16-11-14(17(21)20(25-3)19(16)24-2)10-13-9-8-12-6-4-5-7-15(12)18(13)22/h4-7,10-11H,8-9H2,1-3H3/b13-10+. The van der Waals surface area contributed by atoms with E-state index in [1.165, 1.54) is 0 Å². The van der Waals surface area contributed by atoms with Crippen LogP contribution < -0.4 is 14.2 Å². The molecule has 4 nitrogen and oxygen atoms in total. The van der Waals surface area contributed by atoms with Gasteiger partial charge in [0.1, 0.15) is 0 Å². The van der Waals surface area contributed by atoms with Crippen molar-refractivity contribution in [3.8, 4) is 17.2 Å². The molecule has 130 valence electrons. The SMILES string of the molecule is COc1cc(/C=C2\CCc3ccccc3C2=O)c(Br)c(OC)c1OC. The number of Topliss-reactive ketones (excluding diaryl/α,β-unsaturated/α-hetero) is 1. The summed E-state index contributed by atoms with van der Waals surface area (Å²) >= 11 is 3.56. The number of halogens is 1. The average Bonchev–Trinajstić information content (AvgIpc) is 2.65. The number of methoxy groups -OCH3 is 3. The molecule has 0 bridgehead atoms. The lowest BCUT2D eigenvalue weighted by Crippen LogP contribution is -2.13. The first kappa shape index (κ1) is 17.5. The molecule has 25 heavy (non-hydrogen) atoms. The summed E-state index contributed by atoms with van der Waals surface area (Å²) < 4.78 is 17.0. The minimum atomic E-state index is 0.0718. The van der Waals surface area contributed by atoms with Gasteiger partial charge in [-0.15, -0.1) is 0 Å². The van der Waals surface area contributed by atoms with E-state index in [2.05, 4.69) is 15.9 Å². The van der Waals surface area contributed by atoms with Gasteiger partial charge < -0.3 is 14.2 Å². The maximum Gasteiger partial charge on any atom is 0.204 e. The summed E-state index contributed by atoms with van der Waals surface area (Å²) in [6, 6.07) is 9.60. The average molecular weight is 403 g/mol. The first-order valence-corrected chi connectivity index (χ1v) is 8.71. The summed E-state index contributed by atoms with van der Waals surface area (Å²) in [4.78, 5) is 12.8. The Morgan fingerprint density at radius 2 is 1.72 bits per heavy atom. The van der Waals surface area contributed by atoms with Crippen LogP contribution in [0.3, 0.4) is 0 Å². The van der Waals surface area contributed by atoms with Crippen molar-refractivity contribution in [2.75, 3.05) is 21.3 Å². The molecule has 0 heterocycles. The number of carbonyl (C=O) groups is 1. The van der Waals surface area contributed by atoms with Crippen LogP contribution in [-0.2, 0) is 6.42 Å². The highest BCUT2D eigenvalue weighted by atomic mass is 79.9. The molecule has 2 aromatic carbocycles. The Labute approximate surface area is 155 Å². The smallest absolute Gasteiger partial charge is 0.204 e. The molecule has 1 aliphatic rings. The monoisotopic (exact) mass is 402 g/mol. The van der Waals surface area contributed by atoms with Crippen molar-refractivity contribution >= 4 is 27.8 Å². The van der Waals surface area contributed by atoms with Crippen molar-refractivity contribution in [2.45, 2.75) is 12.8 Å². The van der Waals surface area contributed by atoms with Gasteiger partial charge in [-0.05, 0) is 52.0 Å². The first-order valence-electron chi connectivity index (χ1n) is 7.92. The first-order chi connectivity index (χ1) is 12.1. The molecular formula is C20H19BrO4. The number of benzene rings is 2. The zero-order valence-corrected chi connectivity index (χ0v) is 16.0. The largest absolute Gasteiger partial charge is 0.493 e. The van der Waals surface area contributed by atoms with E-state index in [1.807, 2.05) is 36.4 Å². The highest BCUT2D eigenvalue weighted by Crippen LogP contribution is 2.45. The van der Waals surface area contributed by atoms with Crippen LogP contribution in [0.5, 0.6) is 17.2 Å². The van der Waals surface area contributed by atoms with Crippen LogP contribution in [0.1, 0.15) is 27.9 Å². The van der Waals surface area contributed by atoms with Crippen LogP contribution >= 0.6 is 15.9 Å². The van der Waals surface area contributed by atoms with Gasteiger partial charge in [-0.3, -0.25) is 4.79 Å². The van der Waals surface area contributed by atoms with Gasteiger partial charge in [-0.2, -0.15) is 0 Å². The Kier molecular flexibility index (Phi) is 5.13. The summed E-state index contributed by atoms with van der Waals surface area (Å²) in [5.74, 6) is 1.68. The van der Waals surface area contributed by atoms with E-state index < -0.39 is 0 Å². The van der Waals surface area contributed by atoms with E-state index in [4.69, 9.17) is 14.2 Å². The number of ketones is 1. The number of hydrogen-bond acceptors (Lipinski definition) is 4. The highest BCUT2D eigenvalue weighted by molar-refractivity contribution is 9.10. The van der Waals surface area contributed by atoms with Crippen molar-refractivity contribution in [3.05, 3.63) is 57.1 Å². The number of ether oxygens (including phenoxy) is 3. The summed E-state index contributed by atoms with van der Waals surface area (Å²) in [5, 5.41) is 0. The molecule has 1 aliphatic carbocycles. The quantitative estimate of drug-likeness (QED) is 0.695. The van der Waals surface area contributed by atoms with Crippen molar-refractivity contribution in [1.82, 2.24) is 0 Å². The lowest BCUT2D eigenvalue weighted by atomic mass is 9.86. The Morgan fingerprint density at radius 3 is 2.40 bits per heavy atom. The number of allylic oxidation sites excluding steroid dienone is 1. The molecular weight excluding hydrogens is 384 g/mol. The van der Waals surface area contributed by atoms with E-state index >= 15 is 0 Å². The van der Waals surface area contributed by atoms with E-state index in [0.717, 1.165) is 33.2 Å². The second kappa shape index (κ2) is 7.31. The lowest BCUT2D eigenvalue weighted by molar-refractivity contribution is 0.102.